The standard InChI is InChI=1S/C17H15N5S2/c1-2-6-11-12(7-3-1)23-15-14(11)16(19-10-18-15)24-17-21-20-13-8-4-5-9-22(13)17/h4-5,8-10H,1-3,6-7H2. The number of rotatable bonds is 2. The highest BCUT2D eigenvalue weighted by atomic mass is 32.2. The van der Waals surface area contributed by atoms with Crippen molar-refractivity contribution in [2.45, 2.75) is 42.3 Å². The molecule has 4 aromatic rings. The largest absolute Gasteiger partial charge is 0.277 e. The normalized spacial score (nSPS) is 14.8. The quantitative estimate of drug-likeness (QED) is 0.400. The van der Waals surface area contributed by atoms with E-state index in [1.165, 1.54) is 41.5 Å². The predicted octanol–water partition coefficient (Wildman–Crippen LogP) is 4.15. The summed E-state index contributed by atoms with van der Waals surface area (Å²) in [6.45, 7) is 0. The predicted molar refractivity (Wildman–Crippen MR) is 95.8 cm³/mol. The summed E-state index contributed by atoms with van der Waals surface area (Å²) in [5, 5.41) is 11.6. The Bertz CT molecular complexity index is 1040. The number of nitrogens with zero attached hydrogens (tertiary/aromatic N) is 5. The maximum Gasteiger partial charge on any atom is 0.201 e. The van der Waals surface area contributed by atoms with E-state index in [4.69, 9.17) is 0 Å². The lowest BCUT2D eigenvalue weighted by Gasteiger charge is -2.04. The second-order valence-electron chi connectivity index (χ2n) is 5.94. The summed E-state index contributed by atoms with van der Waals surface area (Å²) in [7, 11) is 0. The minimum Gasteiger partial charge on any atom is -0.277 e. The molecule has 0 fully saturated rings. The average molecular weight is 353 g/mol. The van der Waals surface area contributed by atoms with Crippen LogP contribution in [0.15, 0.2) is 40.9 Å². The van der Waals surface area contributed by atoms with Crippen LogP contribution in [0, 0.1) is 0 Å². The first-order valence-corrected chi connectivity index (χ1v) is 9.76. The van der Waals surface area contributed by atoms with E-state index >= 15 is 0 Å². The topological polar surface area (TPSA) is 56.0 Å². The third-order valence-corrected chi connectivity index (χ3v) is 6.60. The van der Waals surface area contributed by atoms with Gasteiger partial charge in [-0.05, 0) is 55.1 Å². The van der Waals surface area contributed by atoms with Gasteiger partial charge in [0.05, 0.1) is 0 Å². The van der Waals surface area contributed by atoms with Crippen molar-refractivity contribution < 1.29 is 0 Å². The fourth-order valence-corrected chi connectivity index (χ4v) is 5.51. The molecule has 0 atom stereocenters. The van der Waals surface area contributed by atoms with Gasteiger partial charge in [0.1, 0.15) is 16.2 Å². The summed E-state index contributed by atoms with van der Waals surface area (Å²) in [6, 6.07) is 5.93. The van der Waals surface area contributed by atoms with Crippen LogP contribution in [0.4, 0.5) is 0 Å². The third kappa shape index (κ3) is 2.31. The van der Waals surface area contributed by atoms with Gasteiger partial charge in [0.25, 0.3) is 0 Å². The van der Waals surface area contributed by atoms with Crippen molar-refractivity contribution >= 4 is 39.0 Å². The number of aryl methyl sites for hydroxylation is 2. The van der Waals surface area contributed by atoms with Gasteiger partial charge in [-0.3, -0.25) is 4.40 Å². The molecule has 24 heavy (non-hydrogen) atoms. The second-order valence-corrected chi connectivity index (χ2v) is 7.98. The van der Waals surface area contributed by atoms with Crippen LogP contribution in [0.2, 0.25) is 0 Å². The van der Waals surface area contributed by atoms with Crippen LogP contribution in [0.5, 0.6) is 0 Å². The summed E-state index contributed by atoms with van der Waals surface area (Å²) in [4.78, 5) is 11.7. The first-order valence-electron chi connectivity index (χ1n) is 8.13. The first-order chi connectivity index (χ1) is 11.9. The SMILES string of the molecule is c1ccn2c(Sc3ncnc4sc5c(c34)CCCCC5)nnc2c1. The van der Waals surface area contributed by atoms with Gasteiger partial charge in [-0.1, -0.05) is 12.5 Å². The highest BCUT2D eigenvalue weighted by Crippen LogP contribution is 2.40. The second kappa shape index (κ2) is 5.82. The number of hydrogen-bond acceptors (Lipinski definition) is 6. The molecule has 120 valence electrons. The number of pyridine rings is 1. The van der Waals surface area contributed by atoms with Crippen LogP contribution in [-0.4, -0.2) is 24.6 Å². The summed E-state index contributed by atoms with van der Waals surface area (Å²) >= 11 is 3.42. The maximum absolute atomic E-state index is 4.58. The van der Waals surface area contributed by atoms with Crippen molar-refractivity contribution in [2.24, 2.45) is 0 Å². The molecule has 0 unspecified atom stereocenters. The zero-order valence-electron chi connectivity index (χ0n) is 13.0. The van der Waals surface area contributed by atoms with Crippen LogP contribution >= 0.6 is 23.1 Å². The lowest BCUT2D eigenvalue weighted by molar-refractivity contribution is 0.713. The zero-order chi connectivity index (χ0) is 15.9. The fourth-order valence-electron chi connectivity index (χ4n) is 3.29. The van der Waals surface area contributed by atoms with Gasteiger partial charge in [0.15, 0.2) is 5.65 Å². The third-order valence-electron chi connectivity index (χ3n) is 4.44. The Hall–Kier alpha value is -1.99. The Morgan fingerprint density at radius 1 is 1.04 bits per heavy atom. The van der Waals surface area contributed by atoms with Crippen molar-refractivity contribution in [1.82, 2.24) is 24.6 Å². The number of aromatic nitrogens is 5. The first kappa shape index (κ1) is 14.4. The van der Waals surface area contributed by atoms with Gasteiger partial charge in [-0.15, -0.1) is 21.5 Å². The van der Waals surface area contributed by atoms with Crippen molar-refractivity contribution in [2.75, 3.05) is 0 Å². The summed E-state index contributed by atoms with van der Waals surface area (Å²) in [5.74, 6) is 0. The van der Waals surface area contributed by atoms with E-state index in [2.05, 4.69) is 20.2 Å². The minimum absolute atomic E-state index is 0.846. The van der Waals surface area contributed by atoms with Crippen LogP contribution in [-0.2, 0) is 12.8 Å². The molecule has 7 heteroatoms. The average Bonchev–Trinajstić information content (AvgIpc) is 3.10. The van der Waals surface area contributed by atoms with Crippen molar-refractivity contribution in [3.05, 3.63) is 41.2 Å². The van der Waals surface area contributed by atoms with E-state index in [1.807, 2.05) is 40.1 Å². The Morgan fingerprint density at radius 2 is 2.00 bits per heavy atom. The molecule has 5 nitrogen and oxygen atoms in total. The molecule has 0 spiro atoms. The summed E-state index contributed by atoms with van der Waals surface area (Å²) in [6.07, 6.45) is 9.82. The molecule has 0 N–H and O–H groups in total. The van der Waals surface area contributed by atoms with Crippen LogP contribution in [0.1, 0.15) is 29.7 Å². The summed E-state index contributed by atoms with van der Waals surface area (Å²) in [5.41, 5.74) is 2.32. The van der Waals surface area contributed by atoms with Crippen molar-refractivity contribution in [3.63, 3.8) is 0 Å². The van der Waals surface area contributed by atoms with Crippen LogP contribution in [0.25, 0.3) is 15.9 Å². The van der Waals surface area contributed by atoms with Crippen molar-refractivity contribution in [1.29, 1.82) is 0 Å². The van der Waals surface area contributed by atoms with Gasteiger partial charge >= 0.3 is 0 Å². The lowest BCUT2D eigenvalue weighted by Crippen LogP contribution is -1.91. The maximum atomic E-state index is 4.58. The molecule has 4 aromatic heterocycles. The molecule has 0 bridgehead atoms. The van der Waals surface area contributed by atoms with Crippen molar-refractivity contribution in [3.8, 4) is 0 Å². The Labute approximate surface area is 147 Å². The molecule has 0 saturated heterocycles. The molecular weight excluding hydrogens is 338 g/mol. The molecule has 0 aliphatic heterocycles. The van der Waals surface area contributed by atoms with E-state index in [0.29, 0.717) is 0 Å². The minimum atomic E-state index is 0.846. The summed E-state index contributed by atoms with van der Waals surface area (Å²) < 4.78 is 2.00. The number of thiophene rings is 1. The Morgan fingerprint density at radius 3 is 3.00 bits per heavy atom. The fraction of sp³-hybridized carbons (Fsp3) is 0.294. The lowest BCUT2D eigenvalue weighted by atomic mass is 10.1. The monoisotopic (exact) mass is 353 g/mol. The van der Waals surface area contributed by atoms with E-state index in [0.717, 1.165) is 27.1 Å². The van der Waals surface area contributed by atoms with Gasteiger partial charge in [-0.25, -0.2) is 9.97 Å². The van der Waals surface area contributed by atoms with Gasteiger partial charge < -0.3 is 0 Å². The zero-order valence-corrected chi connectivity index (χ0v) is 14.6. The van der Waals surface area contributed by atoms with E-state index in [1.54, 1.807) is 18.1 Å². The van der Waals surface area contributed by atoms with Crippen LogP contribution < -0.4 is 0 Å². The van der Waals surface area contributed by atoms with Gasteiger partial charge in [0, 0.05) is 16.5 Å². The molecule has 4 heterocycles. The molecule has 1 aliphatic carbocycles. The molecule has 0 aromatic carbocycles. The smallest absolute Gasteiger partial charge is 0.201 e. The highest BCUT2D eigenvalue weighted by Gasteiger charge is 2.20. The molecule has 0 saturated carbocycles. The molecule has 0 amide bonds. The Kier molecular flexibility index (Phi) is 3.48. The number of hydrogen-bond donors (Lipinski definition) is 0. The molecule has 0 radical (unpaired) electrons. The van der Waals surface area contributed by atoms with Crippen LogP contribution in [0.3, 0.4) is 0 Å². The van der Waals surface area contributed by atoms with Gasteiger partial charge in [0.2, 0.25) is 5.16 Å². The van der Waals surface area contributed by atoms with E-state index in [9.17, 15) is 0 Å². The molecular formula is C17H15N5S2. The van der Waals surface area contributed by atoms with E-state index in [-0.39, 0.29) is 0 Å². The highest BCUT2D eigenvalue weighted by molar-refractivity contribution is 7.99. The number of fused-ring (bicyclic) bond motifs is 4. The Balaban J connectivity index is 1.65. The molecule has 5 rings (SSSR count). The van der Waals surface area contributed by atoms with E-state index < -0.39 is 0 Å². The van der Waals surface area contributed by atoms with Gasteiger partial charge in [-0.2, -0.15) is 0 Å². The molecule has 1 aliphatic rings.